The molecule has 7 nitrogen and oxygen atoms in total. The lowest BCUT2D eigenvalue weighted by molar-refractivity contribution is -0.122. The molecule has 0 spiro atoms. The normalized spacial score (nSPS) is 28.1. The van der Waals surface area contributed by atoms with Gasteiger partial charge in [-0.05, 0) is 37.8 Å². The fourth-order valence-electron chi connectivity index (χ4n) is 3.90. The van der Waals surface area contributed by atoms with E-state index in [1.54, 1.807) is 37.0 Å². The summed E-state index contributed by atoms with van der Waals surface area (Å²) in [6.07, 6.45) is 5.17. The van der Waals surface area contributed by atoms with Crippen molar-refractivity contribution in [2.45, 2.75) is 31.8 Å². The largest absolute Gasteiger partial charge is 0.298 e. The molecule has 2 saturated heterocycles. The molecule has 0 saturated carbocycles. The number of hydrazine groups is 1. The van der Waals surface area contributed by atoms with E-state index in [0.29, 0.717) is 11.6 Å². The number of carbonyl (C=O) groups is 1. The first-order valence-electron chi connectivity index (χ1n) is 8.56. The lowest BCUT2D eigenvalue weighted by Crippen LogP contribution is -2.53. The number of nitrogens with zero attached hydrogens (tertiary/aromatic N) is 4. The third-order valence-electron chi connectivity index (χ3n) is 5.28. The molecule has 130 valence electrons. The maximum atomic E-state index is 12.5. The second-order valence-corrected chi connectivity index (χ2v) is 6.85. The zero-order valence-corrected chi connectivity index (χ0v) is 14.3. The van der Waals surface area contributed by atoms with Gasteiger partial charge < -0.3 is 0 Å². The fourth-order valence-corrected chi connectivity index (χ4v) is 3.90. The van der Waals surface area contributed by atoms with E-state index < -0.39 is 0 Å². The van der Waals surface area contributed by atoms with Crippen molar-refractivity contribution in [3.8, 4) is 11.3 Å². The fraction of sp³-hybridized carbons (Fsp3) is 0.444. The van der Waals surface area contributed by atoms with Crippen LogP contribution < -0.4 is 11.0 Å². The minimum atomic E-state index is -0.135. The summed E-state index contributed by atoms with van der Waals surface area (Å²) < 4.78 is 1.62. The lowest BCUT2D eigenvalue weighted by atomic mass is 9.89. The predicted octanol–water partition coefficient (Wildman–Crippen LogP) is 1.07. The van der Waals surface area contributed by atoms with Gasteiger partial charge >= 0.3 is 0 Å². The monoisotopic (exact) mass is 339 g/mol. The molecule has 2 aliphatic rings. The Bertz CT molecular complexity index is 850. The van der Waals surface area contributed by atoms with Crippen molar-refractivity contribution in [2.75, 3.05) is 6.54 Å². The van der Waals surface area contributed by atoms with Gasteiger partial charge in [0.15, 0.2) is 0 Å². The first-order chi connectivity index (χ1) is 12.0. The van der Waals surface area contributed by atoms with Crippen LogP contribution in [-0.4, -0.2) is 37.9 Å². The molecule has 2 aromatic heterocycles. The highest BCUT2D eigenvalue weighted by Crippen LogP contribution is 2.41. The van der Waals surface area contributed by atoms with Crippen LogP contribution in [0.5, 0.6) is 0 Å². The van der Waals surface area contributed by atoms with Crippen LogP contribution in [0.3, 0.4) is 0 Å². The summed E-state index contributed by atoms with van der Waals surface area (Å²) in [6.45, 7) is 2.48. The second-order valence-electron chi connectivity index (χ2n) is 6.85. The summed E-state index contributed by atoms with van der Waals surface area (Å²) in [5.41, 5.74) is 4.78. The number of fused-ring (bicyclic) bond motifs is 2. The highest BCUT2D eigenvalue weighted by Gasteiger charge is 2.44. The SMILES string of the molecule is CC(=O)C1CC2CCN(N1)C2c1nc(-c2ccncc2)cc(=O)n1C. The van der Waals surface area contributed by atoms with Gasteiger partial charge in [0.1, 0.15) is 11.6 Å². The Morgan fingerprint density at radius 2 is 2.08 bits per heavy atom. The molecule has 2 aromatic rings. The molecule has 0 aromatic carbocycles. The van der Waals surface area contributed by atoms with Crippen molar-refractivity contribution in [3.63, 3.8) is 0 Å². The van der Waals surface area contributed by atoms with Gasteiger partial charge in [0, 0.05) is 37.6 Å². The average Bonchev–Trinajstić information content (AvgIpc) is 2.86. The molecule has 25 heavy (non-hydrogen) atoms. The minimum Gasteiger partial charge on any atom is -0.298 e. The van der Waals surface area contributed by atoms with Gasteiger partial charge in [-0.3, -0.25) is 19.1 Å². The smallest absolute Gasteiger partial charge is 0.253 e. The molecule has 4 unspecified atom stereocenters. The number of carbonyl (C=O) groups excluding carboxylic acids is 1. The molecule has 0 amide bonds. The van der Waals surface area contributed by atoms with Gasteiger partial charge in [0.2, 0.25) is 0 Å². The van der Waals surface area contributed by atoms with Crippen LogP contribution in [0.2, 0.25) is 0 Å². The molecule has 4 heterocycles. The number of hydrogen-bond acceptors (Lipinski definition) is 6. The van der Waals surface area contributed by atoms with E-state index in [9.17, 15) is 9.59 Å². The van der Waals surface area contributed by atoms with E-state index in [0.717, 1.165) is 30.8 Å². The molecule has 2 fully saturated rings. The number of rotatable bonds is 3. The van der Waals surface area contributed by atoms with Crippen LogP contribution in [0, 0.1) is 5.92 Å². The topological polar surface area (TPSA) is 80.1 Å². The Balaban J connectivity index is 1.75. The van der Waals surface area contributed by atoms with Crippen molar-refractivity contribution in [1.82, 2.24) is 25.0 Å². The first kappa shape index (κ1) is 16.1. The summed E-state index contributed by atoms with van der Waals surface area (Å²) in [5.74, 6) is 1.22. The predicted molar refractivity (Wildman–Crippen MR) is 92.5 cm³/mol. The van der Waals surface area contributed by atoms with Crippen LogP contribution in [0.4, 0.5) is 0 Å². The quantitative estimate of drug-likeness (QED) is 0.901. The van der Waals surface area contributed by atoms with Crippen molar-refractivity contribution < 1.29 is 4.79 Å². The molecule has 0 aliphatic carbocycles. The van der Waals surface area contributed by atoms with Crippen LogP contribution in [0.25, 0.3) is 11.3 Å². The average molecular weight is 339 g/mol. The van der Waals surface area contributed by atoms with Crippen LogP contribution >= 0.6 is 0 Å². The van der Waals surface area contributed by atoms with Gasteiger partial charge in [-0.2, -0.15) is 0 Å². The van der Waals surface area contributed by atoms with Gasteiger partial charge in [-0.1, -0.05) is 0 Å². The van der Waals surface area contributed by atoms with Crippen LogP contribution in [0.15, 0.2) is 35.4 Å². The molecule has 2 bridgehead atoms. The van der Waals surface area contributed by atoms with Gasteiger partial charge in [-0.25, -0.2) is 15.4 Å². The summed E-state index contributed by atoms with van der Waals surface area (Å²) in [7, 11) is 1.76. The Kier molecular flexibility index (Phi) is 3.97. The summed E-state index contributed by atoms with van der Waals surface area (Å²) in [5, 5.41) is 2.08. The minimum absolute atomic E-state index is 0.00934. The Labute approximate surface area is 145 Å². The number of aromatic nitrogens is 3. The molecule has 2 aliphatic heterocycles. The lowest BCUT2D eigenvalue weighted by Gasteiger charge is -2.37. The molecule has 0 radical (unpaired) electrons. The van der Waals surface area contributed by atoms with Gasteiger partial charge in [0.25, 0.3) is 5.56 Å². The Morgan fingerprint density at radius 3 is 2.76 bits per heavy atom. The molecule has 4 rings (SSSR count). The van der Waals surface area contributed by atoms with Crippen molar-refractivity contribution in [3.05, 3.63) is 46.8 Å². The first-order valence-corrected chi connectivity index (χ1v) is 8.56. The summed E-state index contributed by atoms with van der Waals surface area (Å²) in [4.78, 5) is 33.1. The van der Waals surface area contributed by atoms with Crippen LogP contribution in [-0.2, 0) is 11.8 Å². The number of ketones is 1. The highest BCUT2D eigenvalue weighted by atomic mass is 16.1. The Hall–Kier alpha value is -2.38. The third-order valence-corrected chi connectivity index (χ3v) is 5.28. The van der Waals surface area contributed by atoms with Crippen molar-refractivity contribution in [2.24, 2.45) is 13.0 Å². The summed E-state index contributed by atoms with van der Waals surface area (Å²) >= 11 is 0. The molecular formula is C18H21N5O2. The zero-order chi connectivity index (χ0) is 17.6. The van der Waals surface area contributed by atoms with E-state index in [1.165, 1.54) is 0 Å². The number of pyridine rings is 1. The third kappa shape index (κ3) is 2.79. The van der Waals surface area contributed by atoms with E-state index in [2.05, 4.69) is 15.4 Å². The standard InChI is InChI=1S/C18H21N5O2/c1-11(24)14-9-13-5-8-23(21-14)17(13)18-20-15(10-16(25)22(18)2)12-3-6-19-7-4-12/h3-4,6-7,10,13-14,17,21H,5,8-9H2,1-2H3. The van der Waals surface area contributed by atoms with E-state index in [-0.39, 0.29) is 23.4 Å². The van der Waals surface area contributed by atoms with Crippen molar-refractivity contribution >= 4 is 5.78 Å². The molecule has 1 N–H and O–H groups in total. The number of Topliss-reactive ketones (excluding diaryl/α,β-unsaturated/α-hetero) is 1. The van der Waals surface area contributed by atoms with Gasteiger partial charge in [0.05, 0.1) is 17.8 Å². The molecule has 4 atom stereocenters. The number of hydrogen-bond donors (Lipinski definition) is 1. The highest BCUT2D eigenvalue weighted by molar-refractivity contribution is 5.81. The van der Waals surface area contributed by atoms with E-state index in [1.807, 2.05) is 12.1 Å². The molecule has 7 heteroatoms. The van der Waals surface area contributed by atoms with Gasteiger partial charge in [-0.15, -0.1) is 0 Å². The van der Waals surface area contributed by atoms with Crippen LogP contribution in [0.1, 0.15) is 31.6 Å². The maximum absolute atomic E-state index is 12.5. The Morgan fingerprint density at radius 1 is 1.32 bits per heavy atom. The van der Waals surface area contributed by atoms with E-state index >= 15 is 0 Å². The van der Waals surface area contributed by atoms with Crippen molar-refractivity contribution in [1.29, 1.82) is 0 Å². The zero-order valence-electron chi connectivity index (χ0n) is 14.3. The number of nitrogens with one attached hydrogen (secondary N) is 1. The second kappa shape index (κ2) is 6.16. The summed E-state index contributed by atoms with van der Waals surface area (Å²) in [6, 6.07) is 5.14. The maximum Gasteiger partial charge on any atom is 0.253 e. The van der Waals surface area contributed by atoms with E-state index in [4.69, 9.17) is 4.98 Å². The molecular weight excluding hydrogens is 318 g/mol.